The van der Waals surface area contributed by atoms with E-state index in [9.17, 15) is 14.7 Å². The van der Waals surface area contributed by atoms with Crippen molar-refractivity contribution in [2.45, 2.75) is 57.1 Å². The molecule has 0 radical (unpaired) electrons. The Morgan fingerprint density at radius 2 is 1.75 bits per heavy atom. The number of amides is 2. The Balaban J connectivity index is 1.92. The van der Waals surface area contributed by atoms with Gasteiger partial charge in [-0.15, -0.1) is 0 Å². The third kappa shape index (κ3) is 3.85. The first kappa shape index (κ1) is 15.1. The minimum Gasteiger partial charge on any atom is -0.481 e. The van der Waals surface area contributed by atoms with E-state index in [1.807, 2.05) is 4.90 Å². The number of aliphatic hydroxyl groups excluding tert-OH is 1. The predicted octanol–water partition coefficient (Wildman–Crippen LogP) is 1.28. The molecule has 2 saturated heterocycles. The molecule has 2 heterocycles. The van der Waals surface area contributed by atoms with E-state index in [0.29, 0.717) is 32.4 Å². The van der Waals surface area contributed by atoms with E-state index in [0.717, 1.165) is 25.8 Å². The molecule has 0 aromatic carbocycles. The third-order valence-corrected chi connectivity index (χ3v) is 4.30. The van der Waals surface area contributed by atoms with E-state index in [2.05, 4.69) is 0 Å². The molecule has 2 aliphatic heterocycles. The topological polar surface area (TPSA) is 81.1 Å². The van der Waals surface area contributed by atoms with Crippen LogP contribution >= 0.6 is 0 Å². The first-order valence-electron chi connectivity index (χ1n) is 7.53. The van der Waals surface area contributed by atoms with Gasteiger partial charge >= 0.3 is 12.0 Å². The minimum atomic E-state index is -0.802. The van der Waals surface area contributed by atoms with Crippen molar-refractivity contribution in [1.82, 2.24) is 9.80 Å². The van der Waals surface area contributed by atoms with Crippen molar-refractivity contribution in [1.29, 1.82) is 0 Å². The maximum atomic E-state index is 12.5. The predicted molar refractivity (Wildman–Crippen MR) is 73.4 cm³/mol. The van der Waals surface area contributed by atoms with Crippen LogP contribution in [-0.4, -0.2) is 63.8 Å². The van der Waals surface area contributed by atoms with Gasteiger partial charge in [-0.2, -0.15) is 0 Å². The molecule has 2 amide bonds. The van der Waals surface area contributed by atoms with Crippen molar-refractivity contribution >= 4 is 12.0 Å². The van der Waals surface area contributed by atoms with Gasteiger partial charge in [0.25, 0.3) is 0 Å². The van der Waals surface area contributed by atoms with Gasteiger partial charge in [-0.1, -0.05) is 0 Å². The molecule has 2 rings (SSSR count). The fourth-order valence-corrected chi connectivity index (χ4v) is 3.08. The van der Waals surface area contributed by atoms with Crippen LogP contribution < -0.4 is 0 Å². The summed E-state index contributed by atoms with van der Waals surface area (Å²) in [6, 6.07) is 0.0752. The summed E-state index contributed by atoms with van der Waals surface area (Å²) in [7, 11) is 0. The lowest BCUT2D eigenvalue weighted by Gasteiger charge is -2.40. The van der Waals surface area contributed by atoms with Crippen molar-refractivity contribution < 1.29 is 19.8 Å². The van der Waals surface area contributed by atoms with Gasteiger partial charge in [0.1, 0.15) is 0 Å². The average molecular weight is 284 g/mol. The number of carbonyl (C=O) groups excluding carboxylic acids is 1. The molecule has 0 aliphatic carbocycles. The molecule has 20 heavy (non-hydrogen) atoms. The molecular weight excluding hydrogens is 260 g/mol. The Hall–Kier alpha value is -1.30. The standard InChI is InChI=1S/C14H24N2O4/c17-12-6-9-15(10-7-12)14(20)16-8-2-1-3-11(16)4-5-13(18)19/h11-12,17H,1-10H2,(H,18,19). The van der Waals surface area contributed by atoms with Gasteiger partial charge in [0.15, 0.2) is 0 Å². The lowest BCUT2D eigenvalue weighted by molar-refractivity contribution is -0.137. The molecule has 0 aromatic rings. The normalized spacial score (nSPS) is 24.8. The second-order valence-corrected chi connectivity index (χ2v) is 5.78. The number of carbonyl (C=O) groups is 2. The number of carboxylic acids is 1. The number of rotatable bonds is 3. The Bertz CT molecular complexity index is 353. The number of likely N-dealkylation sites (tertiary alicyclic amines) is 2. The summed E-state index contributed by atoms with van der Waals surface area (Å²) in [6.45, 7) is 1.92. The number of aliphatic hydroxyl groups is 1. The van der Waals surface area contributed by atoms with E-state index >= 15 is 0 Å². The Morgan fingerprint density at radius 3 is 2.40 bits per heavy atom. The van der Waals surface area contributed by atoms with Crippen LogP contribution in [0.5, 0.6) is 0 Å². The van der Waals surface area contributed by atoms with E-state index < -0.39 is 5.97 Å². The second kappa shape index (κ2) is 6.92. The molecule has 0 bridgehead atoms. The Morgan fingerprint density at radius 1 is 1.05 bits per heavy atom. The van der Waals surface area contributed by atoms with Crippen LogP contribution in [0.25, 0.3) is 0 Å². The molecule has 6 heteroatoms. The number of aliphatic carboxylic acids is 1. The van der Waals surface area contributed by atoms with Gasteiger partial charge in [0.2, 0.25) is 0 Å². The number of urea groups is 1. The van der Waals surface area contributed by atoms with E-state index in [-0.39, 0.29) is 24.6 Å². The highest BCUT2D eigenvalue weighted by Crippen LogP contribution is 2.23. The van der Waals surface area contributed by atoms with Crippen LogP contribution in [0.4, 0.5) is 4.79 Å². The molecule has 0 aromatic heterocycles. The summed E-state index contributed by atoms with van der Waals surface area (Å²) in [5.41, 5.74) is 0. The number of hydrogen-bond acceptors (Lipinski definition) is 3. The number of piperidine rings is 2. The summed E-state index contributed by atoms with van der Waals surface area (Å²) in [5, 5.41) is 18.3. The van der Waals surface area contributed by atoms with Crippen LogP contribution in [0.15, 0.2) is 0 Å². The summed E-state index contributed by atoms with van der Waals surface area (Å²) < 4.78 is 0. The van der Waals surface area contributed by atoms with Gasteiger partial charge in [0, 0.05) is 32.1 Å². The van der Waals surface area contributed by atoms with Crippen LogP contribution in [0.3, 0.4) is 0 Å². The van der Waals surface area contributed by atoms with Gasteiger partial charge < -0.3 is 20.0 Å². The maximum Gasteiger partial charge on any atom is 0.320 e. The summed E-state index contributed by atoms with van der Waals surface area (Å²) in [4.78, 5) is 26.9. The molecule has 1 unspecified atom stereocenters. The van der Waals surface area contributed by atoms with E-state index in [4.69, 9.17) is 5.11 Å². The molecule has 2 aliphatic rings. The van der Waals surface area contributed by atoms with Crippen molar-refractivity contribution in [2.24, 2.45) is 0 Å². The first-order valence-corrected chi connectivity index (χ1v) is 7.53. The quantitative estimate of drug-likeness (QED) is 0.818. The van der Waals surface area contributed by atoms with Gasteiger partial charge in [-0.25, -0.2) is 4.79 Å². The van der Waals surface area contributed by atoms with E-state index in [1.165, 1.54) is 0 Å². The van der Waals surface area contributed by atoms with Crippen LogP contribution in [0.1, 0.15) is 44.9 Å². The monoisotopic (exact) mass is 284 g/mol. The largest absolute Gasteiger partial charge is 0.481 e. The second-order valence-electron chi connectivity index (χ2n) is 5.78. The smallest absolute Gasteiger partial charge is 0.320 e. The van der Waals surface area contributed by atoms with Crippen LogP contribution in [-0.2, 0) is 4.79 Å². The zero-order chi connectivity index (χ0) is 14.5. The van der Waals surface area contributed by atoms with E-state index in [1.54, 1.807) is 4.90 Å². The number of nitrogens with zero attached hydrogens (tertiary/aromatic N) is 2. The SMILES string of the molecule is O=C(O)CCC1CCCCN1C(=O)N1CCC(O)CC1. The van der Waals surface area contributed by atoms with Gasteiger partial charge in [-0.3, -0.25) is 4.79 Å². The highest BCUT2D eigenvalue weighted by atomic mass is 16.4. The molecule has 0 spiro atoms. The fraction of sp³-hybridized carbons (Fsp3) is 0.857. The van der Waals surface area contributed by atoms with Crippen LogP contribution in [0, 0.1) is 0 Å². The highest BCUT2D eigenvalue weighted by Gasteiger charge is 2.31. The summed E-state index contributed by atoms with van der Waals surface area (Å²) in [6.07, 6.45) is 4.60. The molecular formula is C14H24N2O4. The van der Waals surface area contributed by atoms with Crippen molar-refractivity contribution in [3.05, 3.63) is 0 Å². The highest BCUT2D eigenvalue weighted by molar-refractivity contribution is 5.75. The molecule has 1 atom stereocenters. The summed E-state index contributed by atoms with van der Waals surface area (Å²) >= 11 is 0. The zero-order valence-electron chi connectivity index (χ0n) is 11.8. The van der Waals surface area contributed by atoms with Crippen molar-refractivity contribution in [2.75, 3.05) is 19.6 Å². The Kier molecular flexibility index (Phi) is 5.23. The lowest BCUT2D eigenvalue weighted by atomic mass is 9.98. The molecule has 6 nitrogen and oxygen atoms in total. The molecule has 0 saturated carbocycles. The summed E-state index contributed by atoms with van der Waals surface area (Å²) in [5.74, 6) is -0.802. The zero-order valence-corrected chi connectivity index (χ0v) is 11.8. The maximum absolute atomic E-state index is 12.5. The molecule has 2 N–H and O–H groups in total. The molecule has 2 fully saturated rings. The third-order valence-electron chi connectivity index (χ3n) is 4.30. The first-order chi connectivity index (χ1) is 9.58. The number of carboxylic acid groups (broad SMARTS) is 1. The van der Waals surface area contributed by atoms with Crippen molar-refractivity contribution in [3.63, 3.8) is 0 Å². The van der Waals surface area contributed by atoms with Gasteiger partial charge in [-0.05, 0) is 38.5 Å². The molecule has 114 valence electrons. The average Bonchev–Trinajstić information content (AvgIpc) is 2.45. The Labute approximate surface area is 119 Å². The fourth-order valence-electron chi connectivity index (χ4n) is 3.08. The van der Waals surface area contributed by atoms with Crippen molar-refractivity contribution in [3.8, 4) is 0 Å². The van der Waals surface area contributed by atoms with Gasteiger partial charge in [0.05, 0.1) is 6.10 Å². The lowest BCUT2D eigenvalue weighted by Crippen LogP contribution is -2.52. The number of hydrogen-bond donors (Lipinski definition) is 2. The van der Waals surface area contributed by atoms with Crippen LogP contribution in [0.2, 0.25) is 0 Å². The minimum absolute atomic E-state index is 0.0204.